The molecule has 0 aliphatic heterocycles. The van der Waals surface area contributed by atoms with E-state index in [1.165, 1.54) is 0 Å². The molecule has 1 aromatic carbocycles. The first kappa shape index (κ1) is 12.0. The zero-order chi connectivity index (χ0) is 13.4. The normalized spacial score (nSPS) is 11.3. The first-order valence-corrected chi connectivity index (χ1v) is 6.41. The smallest absolute Gasteiger partial charge is 0.201 e. The van der Waals surface area contributed by atoms with Crippen molar-refractivity contribution in [2.45, 2.75) is 13.0 Å². The topological polar surface area (TPSA) is 61.7 Å². The molecular weight excluding hydrogens is 262 g/mol. The van der Waals surface area contributed by atoms with E-state index in [1.807, 2.05) is 40.6 Å². The highest BCUT2D eigenvalue weighted by Crippen LogP contribution is 2.25. The number of halogens is 1. The average molecular weight is 276 g/mol. The first-order valence-electron chi connectivity index (χ1n) is 6.03. The molecule has 0 unspecified atom stereocenters. The molecule has 3 aromatic rings. The number of nitrogens with zero attached hydrogens (tertiary/aromatic N) is 4. The third-order valence-corrected chi connectivity index (χ3v) is 3.53. The number of hydrogen-bond donors (Lipinski definition) is 1. The predicted molar refractivity (Wildman–Crippen MR) is 76.1 cm³/mol. The van der Waals surface area contributed by atoms with E-state index in [9.17, 15) is 0 Å². The van der Waals surface area contributed by atoms with Crippen molar-refractivity contribution in [1.29, 1.82) is 0 Å². The number of fused-ring (bicyclic) bond motifs is 1. The Hall–Kier alpha value is -2.01. The van der Waals surface area contributed by atoms with Gasteiger partial charge in [-0.05, 0) is 12.1 Å². The van der Waals surface area contributed by atoms with Crippen molar-refractivity contribution in [3.63, 3.8) is 0 Å². The average Bonchev–Trinajstić information content (AvgIpc) is 2.91. The van der Waals surface area contributed by atoms with Gasteiger partial charge in [-0.25, -0.2) is 9.97 Å². The van der Waals surface area contributed by atoms with Crippen LogP contribution in [-0.2, 0) is 20.0 Å². The fourth-order valence-electron chi connectivity index (χ4n) is 2.24. The molecule has 0 bridgehead atoms. The number of imidazole rings is 2. The standard InChI is InChI=1S/C13H14ClN5/c1-18-8-6-16-11(18)5-7-19-12-9(14)3-2-4-10(12)17-13(19)15/h2-4,6,8H,5,7H2,1H3,(H2,15,17). The minimum Gasteiger partial charge on any atom is -0.369 e. The van der Waals surface area contributed by atoms with Crippen LogP contribution in [0.2, 0.25) is 5.02 Å². The van der Waals surface area contributed by atoms with Crippen LogP contribution in [0, 0.1) is 0 Å². The van der Waals surface area contributed by atoms with Crippen LogP contribution < -0.4 is 5.73 Å². The molecule has 0 radical (unpaired) electrons. The summed E-state index contributed by atoms with van der Waals surface area (Å²) in [5, 5.41) is 0.668. The number of nitrogen functional groups attached to an aromatic ring is 1. The van der Waals surface area contributed by atoms with Crippen LogP contribution in [0.25, 0.3) is 11.0 Å². The van der Waals surface area contributed by atoms with Crippen molar-refractivity contribution >= 4 is 28.6 Å². The Balaban J connectivity index is 1.97. The summed E-state index contributed by atoms with van der Waals surface area (Å²) in [6.45, 7) is 0.705. The molecule has 3 rings (SSSR count). The van der Waals surface area contributed by atoms with E-state index in [-0.39, 0.29) is 0 Å². The molecule has 2 N–H and O–H groups in total. The van der Waals surface area contributed by atoms with Crippen molar-refractivity contribution in [3.8, 4) is 0 Å². The lowest BCUT2D eigenvalue weighted by Gasteiger charge is -2.07. The summed E-state index contributed by atoms with van der Waals surface area (Å²) in [5.41, 5.74) is 7.67. The van der Waals surface area contributed by atoms with Crippen molar-refractivity contribution in [2.75, 3.05) is 5.73 Å². The highest BCUT2D eigenvalue weighted by Gasteiger charge is 2.11. The van der Waals surface area contributed by atoms with E-state index in [1.54, 1.807) is 6.20 Å². The third kappa shape index (κ3) is 2.06. The van der Waals surface area contributed by atoms with Crippen LogP contribution in [0.3, 0.4) is 0 Å². The van der Waals surface area contributed by atoms with E-state index < -0.39 is 0 Å². The van der Waals surface area contributed by atoms with Crippen molar-refractivity contribution in [3.05, 3.63) is 41.4 Å². The summed E-state index contributed by atoms with van der Waals surface area (Å²) >= 11 is 6.23. The Kier molecular flexibility index (Phi) is 2.91. The second kappa shape index (κ2) is 4.59. The van der Waals surface area contributed by atoms with E-state index >= 15 is 0 Å². The maximum absolute atomic E-state index is 6.23. The van der Waals surface area contributed by atoms with Gasteiger partial charge in [0.1, 0.15) is 5.82 Å². The molecule has 0 atom stereocenters. The van der Waals surface area contributed by atoms with Gasteiger partial charge in [0.2, 0.25) is 5.95 Å². The molecule has 2 aromatic heterocycles. The molecular formula is C13H14ClN5. The molecule has 5 nitrogen and oxygen atoms in total. The summed E-state index contributed by atoms with van der Waals surface area (Å²) in [5.74, 6) is 1.49. The minimum absolute atomic E-state index is 0.484. The minimum atomic E-state index is 0.484. The molecule has 6 heteroatoms. The Labute approximate surface area is 115 Å². The van der Waals surface area contributed by atoms with Gasteiger partial charge in [-0.3, -0.25) is 0 Å². The molecule has 0 spiro atoms. The fraction of sp³-hybridized carbons (Fsp3) is 0.231. The van der Waals surface area contributed by atoms with Gasteiger partial charge >= 0.3 is 0 Å². The summed E-state index contributed by atoms with van der Waals surface area (Å²) in [4.78, 5) is 8.63. The van der Waals surface area contributed by atoms with Crippen LogP contribution in [-0.4, -0.2) is 19.1 Å². The van der Waals surface area contributed by atoms with Gasteiger partial charge in [0.05, 0.1) is 16.1 Å². The Bertz CT molecular complexity index is 728. The molecule has 0 aliphatic rings. The van der Waals surface area contributed by atoms with Crippen LogP contribution in [0.15, 0.2) is 30.6 Å². The number of rotatable bonds is 3. The molecule has 0 saturated carbocycles. The zero-order valence-electron chi connectivity index (χ0n) is 10.5. The van der Waals surface area contributed by atoms with Crippen LogP contribution in [0.5, 0.6) is 0 Å². The number of benzene rings is 1. The summed E-state index contributed by atoms with van der Waals surface area (Å²) in [7, 11) is 1.98. The van der Waals surface area contributed by atoms with Crippen molar-refractivity contribution in [1.82, 2.24) is 19.1 Å². The van der Waals surface area contributed by atoms with E-state index in [2.05, 4.69) is 9.97 Å². The van der Waals surface area contributed by atoms with Gasteiger partial charge in [0.15, 0.2) is 0 Å². The monoisotopic (exact) mass is 275 g/mol. The Morgan fingerprint density at radius 2 is 2.21 bits per heavy atom. The second-order valence-corrected chi connectivity index (χ2v) is 4.84. The fourth-order valence-corrected chi connectivity index (χ4v) is 2.51. The number of para-hydroxylation sites is 1. The summed E-state index contributed by atoms with van der Waals surface area (Å²) < 4.78 is 3.93. The van der Waals surface area contributed by atoms with E-state index in [0.717, 1.165) is 23.3 Å². The van der Waals surface area contributed by atoms with Gasteiger partial charge in [0, 0.05) is 32.4 Å². The lowest BCUT2D eigenvalue weighted by atomic mass is 10.3. The molecule has 0 fully saturated rings. The number of aryl methyl sites for hydroxylation is 3. The SMILES string of the molecule is Cn1ccnc1CCn1c(N)nc2cccc(Cl)c21. The van der Waals surface area contributed by atoms with Crippen LogP contribution in [0.1, 0.15) is 5.82 Å². The number of anilines is 1. The number of hydrogen-bond acceptors (Lipinski definition) is 3. The lowest BCUT2D eigenvalue weighted by Crippen LogP contribution is -2.08. The molecule has 98 valence electrons. The maximum Gasteiger partial charge on any atom is 0.201 e. The molecule has 0 amide bonds. The highest BCUT2D eigenvalue weighted by molar-refractivity contribution is 6.35. The van der Waals surface area contributed by atoms with E-state index in [4.69, 9.17) is 17.3 Å². The number of aromatic nitrogens is 4. The van der Waals surface area contributed by atoms with E-state index in [0.29, 0.717) is 17.5 Å². The van der Waals surface area contributed by atoms with Gasteiger partial charge in [-0.15, -0.1) is 0 Å². The van der Waals surface area contributed by atoms with Gasteiger partial charge in [-0.1, -0.05) is 17.7 Å². The molecule has 0 saturated heterocycles. The van der Waals surface area contributed by atoms with Crippen molar-refractivity contribution < 1.29 is 0 Å². The number of nitrogens with two attached hydrogens (primary N) is 1. The largest absolute Gasteiger partial charge is 0.369 e. The lowest BCUT2D eigenvalue weighted by molar-refractivity contribution is 0.670. The molecule has 19 heavy (non-hydrogen) atoms. The van der Waals surface area contributed by atoms with Crippen LogP contribution >= 0.6 is 11.6 Å². The highest BCUT2D eigenvalue weighted by atomic mass is 35.5. The zero-order valence-corrected chi connectivity index (χ0v) is 11.3. The first-order chi connectivity index (χ1) is 9.16. The summed E-state index contributed by atoms with van der Waals surface area (Å²) in [6.07, 6.45) is 4.50. The molecule has 0 aliphatic carbocycles. The Morgan fingerprint density at radius 3 is 2.95 bits per heavy atom. The summed E-state index contributed by atoms with van der Waals surface area (Å²) in [6, 6.07) is 5.64. The van der Waals surface area contributed by atoms with Gasteiger partial charge in [0.25, 0.3) is 0 Å². The second-order valence-electron chi connectivity index (χ2n) is 4.43. The van der Waals surface area contributed by atoms with Crippen LogP contribution in [0.4, 0.5) is 5.95 Å². The van der Waals surface area contributed by atoms with Gasteiger partial charge in [-0.2, -0.15) is 0 Å². The van der Waals surface area contributed by atoms with Crippen molar-refractivity contribution in [2.24, 2.45) is 7.05 Å². The maximum atomic E-state index is 6.23. The quantitative estimate of drug-likeness (QED) is 0.797. The predicted octanol–water partition coefficient (Wildman–Crippen LogP) is 2.25. The molecule has 2 heterocycles. The Morgan fingerprint density at radius 1 is 1.37 bits per heavy atom. The van der Waals surface area contributed by atoms with Gasteiger partial charge < -0.3 is 14.9 Å². The third-order valence-electron chi connectivity index (χ3n) is 3.23.